The standard InChI is InChI=1S/C19H22ClN3O3/c1-22-17(20)11-21-18(22)12-23-6-4-13(5-7-23)19(24)14-2-3-15-16(10-14)26-9-8-25-15/h2-3,10-11,13H,4-9,12H2,1H3. The first-order valence-electron chi connectivity index (χ1n) is 8.94. The minimum Gasteiger partial charge on any atom is -0.486 e. The van der Waals surface area contributed by atoms with Crippen LogP contribution in [0.25, 0.3) is 0 Å². The first-order valence-corrected chi connectivity index (χ1v) is 9.32. The van der Waals surface area contributed by atoms with Crippen LogP contribution in [-0.4, -0.2) is 46.5 Å². The molecular weight excluding hydrogens is 354 g/mol. The zero-order valence-corrected chi connectivity index (χ0v) is 15.5. The van der Waals surface area contributed by atoms with Gasteiger partial charge in [0.05, 0.1) is 12.7 Å². The number of hydrogen-bond acceptors (Lipinski definition) is 5. The normalized spacial score (nSPS) is 18.1. The molecule has 1 fully saturated rings. The maximum Gasteiger partial charge on any atom is 0.166 e. The Bertz CT molecular complexity index is 812. The van der Waals surface area contributed by atoms with Gasteiger partial charge in [0, 0.05) is 18.5 Å². The van der Waals surface area contributed by atoms with Gasteiger partial charge in [-0.3, -0.25) is 9.69 Å². The molecule has 2 aliphatic rings. The van der Waals surface area contributed by atoms with Gasteiger partial charge in [0.2, 0.25) is 0 Å². The smallest absolute Gasteiger partial charge is 0.166 e. The molecular formula is C19H22ClN3O3. The SMILES string of the molecule is Cn1c(Cl)cnc1CN1CCC(C(=O)c2ccc3c(c2)OCCO3)CC1. The number of fused-ring (bicyclic) bond motifs is 1. The number of aromatic nitrogens is 2. The van der Waals surface area contributed by atoms with E-state index in [2.05, 4.69) is 9.88 Å². The number of ketones is 1. The topological polar surface area (TPSA) is 56.6 Å². The van der Waals surface area contributed by atoms with Crippen LogP contribution in [0.4, 0.5) is 0 Å². The fourth-order valence-corrected chi connectivity index (χ4v) is 3.70. The molecule has 1 saturated heterocycles. The molecule has 2 aliphatic heterocycles. The van der Waals surface area contributed by atoms with E-state index in [-0.39, 0.29) is 11.7 Å². The van der Waals surface area contributed by atoms with Gasteiger partial charge in [0.1, 0.15) is 24.2 Å². The van der Waals surface area contributed by atoms with E-state index in [1.54, 1.807) is 6.20 Å². The molecule has 0 N–H and O–H groups in total. The molecule has 6 nitrogen and oxygen atoms in total. The van der Waals surface area contributed by atoms with Crippen molar-refractivity contribution in [2.75, 3.05) is 26.3 Å². The lowest BCUT2D eigenvalue weighted by Crippen LogP contribution is -2.36. The fourth-order valence-electron chi connectivity index (χ4n) is 3.56. The third-order valence-corrected chi connectivity index (χ3v) is 5.53. The van der Waals surface area contributed by atoms with Gasteiger partial charge in [-0.1, -0.05) is 11.6 Å². The highest BCUT2D eigenvalue weighted by Gasteiger charge is 2.27. The molecule has 0 amide bonds. The maximum atomic E-state index is 12.9. The summed E-state index contributed by atoms with van der Waals surface area (Å²) in [6.45, 7) is 3.60. The Hall–Kier alpha value is -2.05. The first-order chi connectivity index (χ1) is 12.6. The van der Waals surface area contributed by atoms with Crippen molar-refractivity contribution in [2.45, 2.75) is 19.4 Å². The molecule has 0 saturated carbocycles. The highest BCUT2D eigenvalue weighted by Crippen LogP contribution is 2.32. The number of nitrogens with zero attached hydrogens (tertiary/aromatic N) is 3. The van der Waals surface area contributed by atoms with Crippen LogP contribution in [0.3, 0.4) is 0 Å². The number of halogens is 1. The minimum absolute atomic E-state index is 0.0544. The number of likely N-dealkylation sites (tertiary alicyclic amines) is 1. The Balaban J connectivity index is 1.37. The summed E-state index contributed by atoms with van der Waals surface area (Å²) in [5.74, 6) is 2.59. The van der Waals surface area contributed by atoms with Crippen molar-refractivity contribution in [1.29, 1.82) is 0 Å². The quantitative estimate of drug-likeness (QED) is 0.769. The van der Waals surface area contributed by atoms with Crippen LogP contribution in [0.5, 0.6) is 11.5 Å². The molecule has 1 aromatic carbocycles. The zero-order chi connectivity index (χ0) is 18.1. The van der Waals surface area contributed by atoms with Crippen LogP contribution in [-0.2, 0) is 13.6 Å². The molecule has 1 aromatic heterocycles. The molecule has 26 heavy (non-hydrogen) atoms. The molecule has 0 aliphatic carbocycles. The Morgan fingerprint density at radius 1 is 1.23 bits per heavy atom. The van der Waals surface area contributed by atoms with E-state index in [9.17, 15) is 4.79 Å². The zero-order valence-electron chi connectivity index (χ0n) is 14.8. The van der Waals surface area contributed by atoms with E-state index in [0.29, 0.717) is 29.7 Å². The number of piperidine rings is 1. The maximum absolute atomic E-state index is 12.9. The monoisotopic (exact) mass is 375 g/mol. The van der Waals surface area contributed by atoms with Gasteiger partial charge < -0.3 is 14.0 Å². The van der Waals surface area contributed by atoms with Crippen LogP contribution in [0, 0.1) is 5.92 Å². The molecule has 0 bridgehead atoms. The molecule has 0 radical (unpaired) electrons. The van der Waals surface area contributed by atoms with Crippen LogP contribution in [0.2, 0.25) is 5.15 Å². The molecule has 3 heterocycles. The molecule has 7 heteroatoms. The lowest BCUT2D eigenvalue weighted by atomic mass is 9.88. The summed E-state index contributed by atoms with van der Waals surface area (Å²) >= 11 is 6.05. The minimum atomic E-state index is 0.0544. The van der Waals surface area contributed by atoms with E-state index in [4.69, 9.17) is 21.1 Å². The van der Waals surface area contributed by atoms with Crippen molar-refractivity contribution < 1.29 is 14.3 Å². The summed E-state index contributed by atoms with van der Waals surface area (Å²) in [5, 5.41) is 0.642. The second-order valence-corrected chi connectivity index (χ2v) is 7.22. The van der Waals surface area contributed by atoms with Gasteiger partial charge in [0.25, 0.3) is 0 Å². The second kappa shape index (κ2) is 7.29. The van der Waals surface area contributed by atoms with Crippen molar-refractivity contribution in [3.63, 3.8) is 0 Å². The van der Waals surface area contributed by atoms with Crippen LogP contribution in [0.15, 0.2) is 24.4 Å². The van der Waals surface area contributed by atoms with Crippen molar-refractivity contribution in [2.24, 2.45) is 13.0 Å². The van der Waals surface area contributed by atoms with E-state index >= 15 is 0 Å². The Morgan fingerprint density at radius 3 is 2.65 bits per heavy atom. The number of carbonyl (C=O) groups is 1. The summed E-state index contributed by atoms with van der Waals surface area (Å²) in [6, 6.07) is 5.50. The van der Waals surface area contributed by atoms with Crippen LogP contribution < -0.4 is 9.47 Å². The van der Waals surface area contributed by atoms with Crippen LogP contribution >= 0.6 is 11.6 Å². The predicted octanol–water partition coefficient (Wildman–Crippen LogP) is 2.94. The third kappa shape index (κ3) is 3.44. The van der Waals surface area contributed by atoms with Gasteiger partial charge in [-0.15, -0.1) is 0 Å². The second-order valence-electron chi connectivity index (χ2n) is 6.83. The first kappa shape index (κ1) is 17.4. The highest BCUT2D eigenvalue weighted by molar-refractivity contribution is 6.29. The fraction of sp³-hybridized carbons (Fsp3) is 0.474. The molecule has 0 spiro atoms. The van der Waals surface area contributed by atoms with Gasteiger partial charge in [-0.25, -0.2) is 4.98 Å². The van der Waals surface area contributed by atoms with E-state index in [1.807, 2.05) is 29.8 Å². The molecule has 0 atom stereocenters. The number of carbonyl (C=O) groups excluding carboxylic acids is 1. The number of hydrogen-bond donors (Lipinski definition) is 0. The summed E-state index contributed by atoms with van der Waals surface area (Å²) < 4.78 is 13.0. The average molecular weight is 376 g/mol. The van der Waals surface area contributed by atoms with E-state index in [1.165, 1.54) is 0 Å². The van der Waals surface area contributed by atoms with Gasteiger partial charge in [-0.05, 0) is 44.1 Å². The predicted molar refractivity (Wildman–Crippen MR) is 98.0 cm³/mol. The lowest BCUT2D eigenvalue weighted by Gasteiger charge is -2.31. The number of rotatable bonds is 4. The van der Waals surface area contributed by atoms with Gasteiger partial charge in [-0.2, -0.15) is 0 Å². The van der Waals surface area contributed by atoms with Crippen molar-refractivity contribution in [1.82, 2.24) is 14.5 Å². The molecule has 2 aromatic rings. The van der Waals surface area contributed by atoms with Gasteiger partial charge in [0.15, 0.2) is 17.3 Å². The molecule has 4 rings (SSSR count). The Labute approximate surface area is 157 Å². The highest BCUT2D eigenvalue weighted by atomic mass is 35.5. The largest absolute Gasteiger partial charge is 0.486 e. The van der Waals surface area contributed by atoms with Crippen molar-refractivity contribution in [3.8, 4) is 11.5 Å². The van der Waals surface area contributed by atoms with E-state index in [0.717, 1.165) is 44.0 Å². The number of ether oxygens (including phenoxy) is 2. The van der Waals surface area contributed by atoms with E-state index < -0.39 is 0 Å². The summed E-state index contributed by atoms with van der Waals surface area (Å²) in [5.41, 5.74) is 0.712. The van der Waals surface area contributed by atoms with Crippen LogP contribution in [0.1, 0.15) is 29.0 Å². The molecule has 0 unspecified atom stereocenters. The van der Waals surface area contributed by atoms with Gasteiger partial charge >= 0.3 is 0 Å². The Morgan fingerprint density at radius 2 is 1.96 bits per heavy atom. The third-order valence-electron chi connectivity index (χ3n) is 5.18. The number of benzene rings is 1. The summed E-state index contributed by atoms with van der Waals surface area (Å²) in [7, 11) is 1.92. The summed E-state index contributed by atoms with van der Waals surface area (Å²) in [4.78, 5) is 19.5. The number of Topliss-reactive ketones (excluding diaryl/α,β-unsaturated/α-hetero) is 1. The number of imidazole rings is 1. The average Bonchev–Trinajstić information content (AvgIpc) is 3.00. The molecule has 138 valence electrons. The lowest BCUT2D eigenvalue weighted by molar-refractivity contribution is 0.0831. The Kier molecular flexibility index (Phi) is 4.87. The summed E-state index contributed by atoms with van der Waals surface area (Å²) in [6.07, 6.45) is 3.38. The van der Waals surface area contributed by atoms with Crippen molar-refractivity contribution in [3.05, 3.63) is 40.9 Å². The van der Waals surface area contributed by atoms with Crippen molar-refractivity contribution >= 4 is 17.4 Å².